The Balaban J connectivity index is 2.12. The van der Waals surface area contributed by atoms with Crippen LogP contribution in [-0.2, 0) is 6.42 Å². The van der Waals surface area contributed by atoms with Crippen LogP contribution in [-0.4, -0.2) is 0 Å². The van der Waals surface area contributed by atoms with Crippen LogP contribution in [0.3, 0.4) is 0 Å². The molecular weight excluding hydrogens is 211 g/mol. The normalized spacial score (nSPS) is 12.6. The van der Waals surface area contributed by atoms with Crippen LogP contribution < -0.4 is 0 Å². The molecule has 1 aromatic carbocycles. The van der Waals surface area contributed by atoms with Crippen LogP contribution >= 0.6 is 0 Å². The third-order valence-corrected chi connectivity index (χ3v) is 3.38. The molecule has 1 unspecified atom stereocenters. The van der Waals surface area contributed by atoms with Crippen molar-refractivity contribution in [2.24, 2.45) is 5.92 Å². The Morgan fingerprint density at radius 2 is 1.65 bits per heavy atom. The Labute approximate surface area is 105 Å². The first-order valence-corrected chi connectivity index (χ1v) is 6.96. The molecule has 0 aliphatic carbocycles. The maximum atomic E-state index is 12.7. The van der Waals surface area contributed by atoms with E-state index in [1.807, 2.05) is 12.1 Å². The molecule has 0 aliphatic rings. The van der Waals surface area contributed by atoms with Crippen molar-refractivity contribution in [1.82, 2.24) is 0 Å². The SMILES string of the molecule is CCCCCC(C)CCCc1ccc(F)cc1. The van der Waals surface area contributed by atoms with Gasteiger partial charge in [-0.1, -0.05) is 58.1 Å². The summed E-state index contributed by atoms with van der Waals surface area (Å²) in [5.41, 5.74) is 1.26. The summed E-state index contributed by atoms with van der Waals surface area (Å²) in [7, 11) is 0. The van der Waals surface area contributed by atoms with E-state index < -0.39 is 0 Å². The molecule has 17 heavy (non-hydrogen) atoms. The minimum Gasteiger partial charge on any atom is -0.207 e. The largest absolute Gasteiger partial charge is 0.207 e. The number of aryl methyl sites for hydroxylation is 1. The van der Waals surface area contributed by atoms with Gasteiger partial charge < -0.3 is 0 Å². The summed E-state index contributed by atoms with van der Waals surface area (Å²) in [4.78, 5) is 0. The smallest absolute Gasteiger partial charge is 0.123 e. The van der Waals surface area contributed by atoms with E-state index in [1.54, 1.807) is 12.1 Å². The van der Waals surface area contributed by atoms with E-state index in [9.17, 15) is 4.39 Å². The summed E-state index contributed by atoms with van der Waals surface area (Å²) in [6, 6.07) is 6.91. The van der Waals surface area contributed by atoms with Gasteiger partial charge in [0.05, 0.1) is 0 Å². The van der Waals surface area contributed by atoms with E-state index in [0.29, 0.717) is 0 Å². The van der Waals surface area contributed by atoms with Gasteiger partial charge in [0.1, 0.15) is 5.82 Å². The van der Waals surface area contributed by atoms with E-state index in [-0.39, 0.29) is 5.82 Å². The van der Waals surface area contributed by atoms with Crippen molar-refractivity contribution >= 4 is 0 Å². The molecule has 0 aliphatic heterocycles. The lowest BCUT2D eigenvalue weighted by Gasteiger charge is -2.10. The Morgan fingerprint density at radius 3 is 2.29 bits per heavy atom. The van der Waals surface area contributed by atoms with Crippen LogP contribution in [0.15, 0.2) is 24.3 Å². The number of rotatable bonds is 8. The first kappa shape index (κ1) is 14.2. The molecule has 96 valence electrons. The maximum absolute atomic E-state index is 12.7. The van der Waals surface area contributed by atoms with Crippen molar-refractivity contribution in [2.75, 3.05) is 0 Å². The molecule has 1 heteroatoms. The van der Waals surface area contributed by atoms with Crippen molar-refractivity contribution in [3.05, 3.63) is 35.6 Å². The van der Waals surface area contributed by atoms with Gasteiger partial charge in [-0.25, -0.2) is 4.39 Å². The Kier molecular flexibility index (Phi) is 6.91. The summed E-state index contributed by atoms with van der Waals surface area (Å²) >= 11 is 0. The van der Waals surface area contributed by atoms with E-state index >= 15 is 0 Å². The predicted molar refractivity (Wildman–Crippen MR) is 72.6 cm³/mol. The molecule has 1 rings (SSSR count). The molecule has 1 atom stereocenters. The number of benzene rings is 1. The first-order valence-electron chi connectivity index (χ1n) is 6.96. The van der Waals surface area contributed by atoms with Gasteiger partial charge >= 0.3 is 0 Å². The van der Waals surface area contributed by atoms with Crippen LogP contribution in [0.5, 0.6) is 0 Å². The fraction of sp³-hybridized carbons (Fsp3) is 0.625. The second-order valence-electron chi connectivity index (χ2n) is 5.12. The summed E-state index contributed by atoms with van der Waals surface area (Å²) in [5.74, 6) is 0.698. The van der Waals surface area contributed by atoms with Crippen molar-refractivity contribution < 1.29 is 4.39 Å². The number of hydrogen-bond acceptors (Lipinski definition) is 0. The highest BCUT2D eigenvalue weighted by atomic mass is 19.1. The van der Waals surface area contributed by atoms with Crippen LogP contribution in [0, 0.1) is 11.7 Å². The number of unbranched alkanes of at least 4 members (excludes halogenated alkanes) is 2. The third kappa shape index (κ3) is 6.45. The van der Waals surface area contributed by atoms with Gasteiger partial charge in [0, 0.05) is 0 Å². The molecular formula is C16H25F. The molecule has 0 amide bonds. The summed E-state index contributed by atoms with van der Waals surface area (Å²) in [5, 5.41) is 0. The molecule has 0 saturated carbocycles. The molecule has 0 nitrogen and oxygen atoms in total. The Hall–Kier alpha value is -0.850. The third-order valence-electron chi connectivity index (χ3n) is 3.38. The lowest BCUT2D eigenvalue weighted by Crippen LogP contribution is -1.96. The number of halogens is 1. The lowest BCUT2D eigenvalue weighted by atomic mass is 9.96. The molecule has 0 bridgehead atoms. The van der Waals surface area contributed by atoms with Gasteiger partial charge in [0.15, 0.2) is 0 Å². The molecule has 0 fully saturated rings. The van der Waals surface area contributed by atoms with E-state index in [1.165, 1.54) is 44.1 Å². The lowest BCUT2D eigenvalue weighted by molar-refractivity contribution is 0.450. The van der Waals surface area contributed by atoms with Gasteiger partial charge in [-0.05, 0) is 36.5 Å². The summed E-state index contributed by atoms with van der Waals surface area (Å²) in [6.45, 7) is 4.60. The fourth-order valence-electron chi connectivity index (χ4n) is 2.19. The van der Waals surface area contributed by atoms with Crippen molar-refractivity contribution in [3.8, 4) is 0 Å². The molecule has 0 spiro atoms. The molecule has 1 aromatic rings. The molecule has 0 radical (unpaired) electrons. The summed E-state index contributed by atoms with van der Waals surface area (Å²) in [6.07, 6.45) is 8.99. The highest BCUT2D eigenvalue weighted by Crippen LogP contribution is 2.16. The van der Waals surface area contributed by atoms with Crippen LogP contribution in [0.2, 0.25) is 0 Å². The molecule has 0 N–H and O–H groups in total. The van der Waals surface area contributed by atoms with Crippen LogP contribution in [0.1, 0.15) is 57.9 Å². The van der Waals surface area contributed by atoms with Crippen LogP contribution in [0.25, 0.3) is 0 Å². The minimum absolute atomic E-state index is 0.137. The topological polar surface area (TPSA) is 0 Å². The molecule has 0 aromatic heterocycles. The fourth-order valence-corrected chi connectivity index (χ4v) is 2.19. The second kappa shape index (κ2) is 8.27. The zero-order valence-electron chi connectivity index (χ0n) is 11.2. The predicted octanol–water partition coefficient (Wildman–Crippen LogP) is 5.36. The highest BCUT2D eigenvalue weighted by Gasteiger charge is 2.02. The molecule has 0 heterocycles. The van der Waals surface area contributed by atoms with Gasteiger partial charge in [-0.3, -0.25) is 0 Å². The highest BCUT2D eigenvalue weighted by molar-refractivity contribution is 5.15. The second-order valence-corrected chi connectivity index (χ2v) is 5.12. The van der Waals surface area contributed by atoms with Crippen molar-refractivity contribution in [2.45, 2.75) is 58.8 Å². The van der Waals surface area contributed by atoms with E-state index in [0.717, 1.165) is 12.3 Å². The minimum atomic E-state index is -0.137. The molecule has 0 saturated heterocycles. The Bertz CT molecular complexity index is 289. The average Bonchev–Trinajstić information content (AvgIpc) is 2.32. The standard InChI is InChI=1S/C16H25F/c1-3-4-5-7-14(2)8-6-9-15-10-12-16(17)13-11-15/h10-14H,3-9H2,1-2H3. The maximum Gasteiger partial charge on any atom is 0.123 e. The van der Waals surface area contributed by atoms with E-state index in [4.69, 9.17) is 0 Å². The van der Waals surface area contributed by atoms with Gasteiger partial charge in [0.2, 0.25) is 0 Å². The average molecular weight is 236 g/mol. The van der Waals surface area contributed by atoms with Crippen molar-refractivity contribution in [3.63, 3.8) is 0 Å². The first-order chi connectivity index (χ1) is 8.22. The van der Waals surface area contributed by atoms with E-state index in [2.05, 4.69) is 13.8 Å². The zero-order chi connectivity index (χ0) is 12.5. The summed E-state index contributed by atoms with van der Waals surface area (Å²) < 4.78 is 12.7. The van der Waals surface area contributed by atoms with Gasteiger partial charge in [0.25, 0.3) is 0 Å². The van der Waals surface area contributed by atoms with Gasteiger partial charge in [-0.2, -0.15) is 0 Å². The monoisotopic (exact) mass is 236 g/mol. The Morgan fingerprint density at radius 1 is 1.00 bits per heavy atom. The van der Waals surface area contributed by atoms with Crippen LogP contribution in [0.4, 0.5) is 4.39 Å². The zero-order valence-corrected chi connectivity index (χ0v) is 11.2. The number of hydrogen-bond donors (Lipinski definition) is 0. The van der Waals surface area contributed by atoms with Gasteiger partial charge in [-0.15, -0.1) is 0 Å². The van der Waals surface area contributed by atoms with Crippen molar-refractivity contribution in [1.29, 1.82) is 0 Å². The quantitative estimate of drug-likeness (QED) is 0.533.